The molecule has 3 aromatic carbocycles. The van der Waals surface area contributed by atoms with Gasteiger partial charge in [-0.3, -0.25) is 4.79 Å². The Bertz CT molecular complexity index is 1550. The van der Waals surface area contributed by atoms with Crippen molar-refractivity contribution in [3.05, 3.63) is 118 Å². The van der Waals surface area contributed by atoms with Crippen molar-refractivity contribution in [1.82, 2.24) is 4.57 Å². The zero-order valence-corrected chi connectivity index (χ0v) is 23.5. The minimum absolute atomic E-state index is 0.00170. The topological polar surface area (TPSA) is 66.8 Å². The summed E-state index contributed by atoms with van der Waals surface area (Å²) in [4.78, 5) is 25.7. The Hall–Kier alpha value is -4.32. The van der Waals surface area contributed by atoms with E-state index in [-0.39, 0.29) is 29.1 Å². The van der Waals surface area contributed by atoms with Gasteiger partial charge < -0.3 is 18.8 Å². The third-order valence-electron chi connectivity index (χ3n) is 7.24. The lowest BCUT2D eigenvalue weighted by Gasteiger charge is -2.39. The molecule has 1 atom stereocenters. The molecule has 0 saturated carbocycles. The zero-order valence-electron chi connectivity index (χ0n) is 23.5. The summed E-state index contributed by atoms with van der Waals surface area (Å²) in [6, 6.07) is 25.6. The third-order valence-corrected chi connectivity index (χ3v) is 7.24. The van der Waals surface area contributed by atoms with Crippen LogP contribution in [0.2, 0.25) is 0 Å². The van der Waals surface area contributed by atoms with Crippen LogP contribution >= 0.6 is 0 Å². The Labute approximate surface area is 235 Å². The second-order valence-corrected chi connectivity index (χ2v) is 11.2. The first-order valence-corrected chi connectivity index (χ1v) is 13.7. The molecule has 1 unspecified atom stereocenters. The van der Waals surface area contributed by atoms with Crippen molar-refractivity contribution in [1.29, 1.82) is 0 Å². The molecule has 0 saturated heterocycles. The van der Waals surface area contributed by atoms with E-state index < -0.39 is 5.97 Å². The quantitative estimate of drug-likeness (QED) is 0.227. The molecule has 6 heteroatoms. The highest BCUT2D eigenvalue weighted by molar-refractivity contribution is 5.89. The smallest absolute Gasteiger partial charge is 0.343 e. The van der Waals surface area contributed by atoms with Gasteiger partial charge in [-0.15, -0.1) is 0 Å². The summed E-state index contributed by atoms with van der Waals surface area (Å²) in [5.41, 5.74) is 4.34. The Morgan fingerprint density at radius 1 is 0.875 bits per heavy atom. The average Bonchev–Trinajstić information content (AvgIpc) is 2.94. The molecule has 206 valence electrons. The number of benzene rings is 3. The Balaban J connectivity index is 1.60. The van der Waals surface area contributed by atoms with Gasteiger partial charge in [0.15, 0.2) is 16.9 Å². The number of rotatable bonds is 8. The maximum absolute atomic E-state index is 13.1. The van der Waals surface area contributed by atoms with Crippen molar-refractivity contribution in [2.45, 2.75) is 53.4 Å². The van der Waals surface area contributed by atoms with Crippen LogP contribution in [0.5, 0.6) is 11.5 Å². The fraction of sp³-hybridized carbons (Fsp3) is 0.294. The largest absolute Gasteiger partial charge is 0.485 e. The van der Waals surface area contributed by atoms with Gasteiger partial charge in [-0.25, -0.2) is 4.79 Å². The van der Waals surface area contributed by atoms with Gasteiger partial charge in [0.1, 0.15) is 18.8 Å². The molecule has 40 heavy (non-hydrogen) atoms. The molecule has 5 rings (SSSR count). The first-order chi connectivity index (χ1) is 19.2. The number of carbonyl (C=O) groups is 1. The first kappa shape index (κ1) is 27.3. The number of nitrogens with zero attached hydrogens (tertiary/aromatic N) is 1. The molecular formula is C34H35NO5. The lowest BCUT2D eigenvalue weighted by atomic mass is 9.78. The monoisotopic (exact) mass is 537 g/mol. The van der Waals surface area contributed by atoms with Gasteiger partial charge in [-0.1, -0.05) is 81.4 Å². The maximum atomic E-state index is 13.1. The molecule has 0 spiro atoms. The van der Waals surface area contributed by atoms with Crippen molar-refractivity contribution >= 4 is 5.97 Å². The van der Waals surface area contributed by atoms with E-state index in [2.05, 4.69) is 25.3 Å². The predicted octanol–water partition coefficient (Wildman–Crippen LogP) is 6.99. The summed E-state index contributed by atoms with van der Waals surface area (Å²) in [5, 5.41) is 0. The number of esters is 1. The van der Waals surface area contributed by atoms with Crippen LogP contribution in [0.4, 0.5) is 0 Å². The number of pyridine rings is 1. The van der Waals surface area contributed by atoms with Crippen molar-refractivity contribution in [3.63, 3.8) is 0 Å². The lowest BCUT2D eigenvalue weighted by Crippen LogP contribution is -2.33. The fourth-order valence-corrected chi connectivity index (χ4v) is 5.12. The lowest BCUT2D eigenvalue weighted by molar-refractivity contribution is 0.0523. The fourth-order valence-electron chi connectivity index (χ4n) is 5.12. The summed E-state index contributed by atoms with van der Waals surface area (Å²) in [6.45, 7) is 9.22. The van der Waals surface area contributed by atoms with E-state index in [0.29, 0.717) is 31.1 Å². The minimum atomic E-state index is -0.599. The van der Waals surface area contributed by atoms with E-state index in [1.165, 1.54) is 0 Å². The van der Waals surface area contributed by atoms with Gasteiger partial charge in [0.05, 0.1) is 12.3 Å². The first-order valence-electron chi connectivity index (χ1n) is 13.7. The van der Waals surface area contributed by atoms with Gasteiger partial charge in [0.25, 0.3) is 0 Å². The Morgan fingerprint density at radius 3 is 2.00 bits per heavy atom. The van der Waals surface area contributed by atoms with Crippen LogP contribution in [0, 0.1) is 5.41 Å². The molecular weight excluding hydrogens is 502 g/mol. The highest BCUT2D eigenvalue weighted by Gasteiger charge is 2.34. The molecule has 4 aromatic rings. The highest BCUT2D eigenvalue weighted by Crippen LogP contribution is 2.46. The van der Waals surface area contributed by atoms with Crippen LogP contribution in [-0.2, 0) is 24.4 Å². The molecule has 0 amide bonds. The van der Waals surface area contributed by atoms with Crippen LogP contribution in [0.1, 0.15) is 60.8 Å². The summed E-state index contributed by atoms with van der Waals surface area (Å²) in [7, 11) is 0. The second kappa shape index (κ2) is 11.4. The van der Waals surface area contributed by atoms with Crippen LogP contribution in [0.15, 0.2) is 89.9 Å². The number of fused-ring (bicyclic) bond motifs is 3. The minimum Gasteiger partial charge on any atom is -0.485 e. The van der Waals surface area contributed by atoms with Crippen molar-refractivity contribution in [2.24, 2.45) is 5.41 Å². The van der Waals surface area contributed by atoms with E-state index in [0.717, 1.165) is 27.9 Å². The van der Waals surface area contributed by atoms with E-state index in [4.69, 9.17) is 14.2 Å². The molecule has 0 radical (unpaired) electrons. The summed E-state index contributed by atoms with van der Waals surface area (Å²) < 4.78 is 19.9. The van der Waals surface area contributed by atoms with Crippen LogP contribution in [0.25, 0.3) is 11.3 Å². The molecule has 1 aliphatic rings. The Morgan fingerprint density at radius 2 is 1.45 bits per heavy atom. The van der Waals surface area contributed by atoms with Crippen LogP contribution in [-0.4, -0.2) is 17.1 Å². The summed E-state index contributed by atoms with van der Waals surface area (Å²) in [5.74, 6) is 0.657. The second-order valence-electron chi connectivity index (χ2n) is 11.2. The van der Waals surface area contributed by atoms with Gasteiger partial charge in [-0.2, -0.15) is 0 Å². The SMILES string of the molecule is CCOC(=O)c1cn2c(cc1=O)-c1cc(OCc3ccccc3)c(OCc3ccccc3)cc1CC2C(C)(C)C. The number of hydrogen-bond donors (Lipinski definition) is 0. The highest BCUT2D eigenvalue weighted by atomic mass is 16.5. The summed E-state index contributed by atoms with van der Waals surface area (Å²) in [6.07, 6.45) is 2.37. The predicted molar refractivity (Wildman–Crippen MR) is 156 cm³/mol. The van der Waals surface area contributed by atoms with E-state index >= 15 is 0 Å². The van der Waals surface area contributed by atoms with E-state index in [9.17, 15) is 9.59 Å². The van der Waals surface area contributed by atoms with Gasteiger partial charge in [0, 0.05) is 23.9 Å². The number of hydrogen-bond acceptors (Lipinski definition) is 5. The van der Waals surface area contributed by atoms with Gasteiger partial charge >= 0.3 is 5.97 Å². The van der Waals surface area contributed by atoms with E-state index in [1.54, 1.807) is 19.2 Å². The Kier molecular flexibility index (Phi) is 7.78. The number of aromatic nitrogens is 1. The summed E-state index contributed by atoms with van der Waals surface area (Å²) >= 11 is 0. The van der Waals surface area contributed by atoms with Crippen molar-refractivity contribution in [3.8, 4) is 22.8 Å². The molecule has 1 aromatic heterocycles. The average molecular weight is 538 g/mol. The number of ether oxygens (including phenoxy) is 3. The van der Waals surface area contributed by atoms with Crippen LogP contribution < -0.4 is 14.9 Å². The molecule has 0 bridgehead atoms. The maximum Gasteiger partial charge on any atom is 0.343 e. The molecule has 6 nitrogen and oxygen atoms in total. The van der Waals surface area contributed by atoms with Gasteiger partial charge in [-0.05, 0) is 47.6 Å². The molecule has 1 aliphatic heterocycles. The van der Waals surface area contributed by atoms with Crippen LogP contribution in [0.3, 0.4) is 0 Å². The third kappa shape index (κ3) is 5.81. The van der Waals surface area contributed by atoms with Gasteiger partial charge in [0.2, 0.25) is 0 Å². The molecule has 0 N–H and O–H groups in total. The molecule has 2 heterocycles. The molecule has 0 aliphatic carbocycles. The van der Waals surface area contributed by atoms with E-state index in [1.807, 2.05) is 72.8 Å². The molecule has 0 fully saturated rings. The zero-order chi connectivity index (χ0) is 28.3. The number of carbonyl (C=O) groups excluding carboxylic acids is 1. The van der Waals surface area contributed by atoms with Crippen molar-refractivity contribution < 1.29 is 19.0 Å². The standard InChI is InChI=1S/C34H35NO5/c1-5-38-33(37)27-20-35-28(19-29(27)36)26-18-31(40-22-24-14-10-7-11-15-24)30(39-21-23-12-8-6-9-13-23)16-25(26)17-32(35)34(2,3)4/h6-16,18-20,32H,5,17,21-22H2,1-4H3. The van der Waals surface area contributed by atoms with Crippen molar-refractivity contribution in [2.75, 3.05) is 6.61 Å². The normalized spacial score (nSPS) is 14.2.